The van der Waals surface area contributed by atoms with Gasteiger partial charge in [-0.2, -0.15) is 0 Å². The highest BCUT2D eigenvalue weighted by Crippen LogP contribution is 2.29. The summed E-state index contributed by atoms with van der Waals surface area (Å²) in [5.74, 6) is -0.397. The maximum absolute atomic E-state index is 12.1. The van der Waals surface area contributed by atoms with Crippen LogP contribution in [0.4, 0.5) is 5.69 Å². The lowest BCUT2D eigenvalue weighted by Crippen LogP contribution is -2.11. The van der Waals surface area contributed by atoms with Gasteiger partial charge in [0.2, 0.25) is 0 Å². The fourth-order valence-corrected chi connectivity index (χ4v) is 2.44. The van der Waals surface area contributed by atoms with Gasteiger partial charge in [-0.15, -0.1) is 0 Å². The monoisotopic (exact) mass is 276 g/mol. The Hall–Kier alpha value is -2.37. The van der Waals surface area contributed by atoms with Crippen molar-refractivity contribution in [3.8, 4) is 0 Å². The molecule has 0 aliphatic rings. The minimum absolute atomic E-state index is 0.0215. The van der Waals surface area contributed by atoms with Crippen molar-refractivity contribution in [1.29, 1.82) is 0 Å². The average Bonchev–Trinajstić information content (AvgIpc) is 2.71. The summed E-state index contributed by atoms with van der Waals surface area (Å²) in [5.41, 5.74) is 2.05. The lowest BCUT2D eigenvalue weighted by molar-refractivity contribution is -0.384. The first-order valence-electron chi connectivity index (χ1n) is 6.44. The van der Waals surface area contributed by atoms with Crippen LogP contribution in [0.2, 0.25) is 0 Å². The van der Waals surface area contributed by atoms with Crippen LogP contribution in [-0.2, 0) is 18.2 Å². The van der Waals surface area contributed by atoms with E-state index in [4.69, 9.17) is 4.74 Å². The molecule has 0 aliphatic carbocycles. The third-order valence-corrected chi connectivity index (χ3v) is 3.32. The molecule has 20 heavy (non-hydrogen) atoms. The van der Waals surface area contributed by atoms with E-state index in [1.807, 2.05) is 6.92 Å². The third-order valence-electron chi connectivity index (χ3n) is 3.32. The Morgan fingerprint density at radius 1 is 1.40 bits per heavy atom. The molecule has 0 radical (unpaired) electrons. The molecular formula is C14H16N2O4. The van der Waals surface area contributed by atoms with Gasteiger partial charge in [0, 0.05) is 30.1 Å². The van der Waals surface area contributed by atoms with Crippen LogP contribution in [0, 0.1) is 10.1 Å². The zero-order chi connectivity index (χ0) is 14.9. The van der Waals surface area contributed by atoms with Gasteiger partial charge < -0.3 is 9.30 Å². The number of nitro benzene ring substituents is 1. The van der Waals surface area contributed by atoms with Crippen LogP contribution in [0.15, 0.2) is 18.2 Å². The number of benzene rings is 1. The Balaban J connectivity index is 2.73. The molecule has 0 aliphatic heterocycles. The largest absolute Gasteiger partial charge is 0.461 e. The van der Waals surface area contributed by atoms with E-state index < -0.39 is 10.9 Å². The quantitative estimate of drug-likeness (QED) is 0.489. The molecule has 2 aromatic rings. The van der Waals surface area contributed by atoms with E-state index in [0.717, 1.165) is 16.5 Å². The molecule has 2 rings (SSSR count). The molecular weight excluding hydrogens is 260 g/mol. The number of nitrogens with zero attached hydrogens (tertiary/aromatic N) is 2. The Morgan fingerprint density at radius 3 is 2.65 bits per heavy atom. The van der Waals surface area contributed by atoms with Crippen molar-refractivity contribution in [3.05, 3.63) is 39.6 Å². The lowest BCUT2D eigenvalue weighted by atomic mass is 10.1. The number of non-ortho nitro benzene ring substituents is 1. The van der Waals surface area contributed by atoms with Gasteiger partial charge in [-0.3, -0.25) is 10.1 Å². The molecule has 0 N–H and O–H groups in total. The Labute approximate surface area is 116 Å². The maximum atomic E-state index is 12.1. The van der Waals surface area contributed by atoms with E-state index in [-0.39, 0.29) is 5.69 Å². The van der Waals surface area contributed by atoms with Gasteiger partial charge in [0.15, 0.2) is 0 Å². The van der Waals surface area contributed by atoms with Crippen LogP contribution < -0.4 is 0 Å². The highest BCUT2D eigenvalue weighted by molar-refractivity contribution is 5.99. The van der Waals surface area contributed by atoms with E-state index in [0.29, 0.717) is 18.7 Å². The van der Waals surface area contributed by atoms with E-state index in [9.17, 15) is 14.9 Å². The van der Waals surface area contributed by atoms with Crippen molar-refractivity contribution in [2.24, 2.45) is 7.05 Å². The summed E-state index contributed by atoms with van der Waals surface area (Å²) in [6.07, 6.45) is 0.604. The minimum atomic E-state index is -0.435. The van der Waals surface area contributed by atoms with Gasteiger partial charge in [0.1, 0.15) is 5.69 Å². The van der Waals surface area contributed by atoms with E-state index in [1.165, 1.54) is 12.1 Å². The first-order chi connectivity index (χ1) is 9.51. The number of carbonyl (C=O) groups is 1. The highest BCUT2D eigenvalue weighted by Gasteiger charge is 2.22. The van der Waals surface area contributed by atoms with Crippen LogP contribution in [0.1, 0.15) is 29.9 Å². The van der Waals surface area contributed by atoms with Crippen molar-refractivity contribution >= 4 is 22.6 Å². The number of nitro groups is 1. The standard InChI is InChI=1S/C14H16N2O4/c1-4-10-11-8-9(16(18)19)6-7-12(11)15(3)13(10)14(17)20-5-2/h6-8H,4-5H2,1-3H3. The average molecular weight is 276 g/mol. The van der Waals surface area contributed by atoms with Crippen molar-refractivity contribution in [2.75, 3.05) is 6.61 Å². The van der Waals surface area contributed by atoms with E-state index in [1.54, 1.807) is 24.6 Å². The number of aryl methyl sites for hydroxylation is 2. The molecule has 0 atom stereocenters. The summed E-state index contributed by atoms with van der Waals surface area (Å²) in [6.45, 7) is 3.96. The molecule has 0 unspecified atom stereocenters. The summed E-state index contributed by atoms with van der Waals surface area (Å²) < 4.78 is 6.80. The highest BCUT2D eigenvalue weighted by atomic mass is 16.6. The Bertz CT molecular complexity index is 688. The zero-order valence-electron chi connectivity index (χ0n) is 11.7. The second-order valence-corrected chi connectivity index (χ2v) is 4.42. The van der Waals surface area contributed by atoms with Gasteiger partial charge in [-0.05, 0) is 25.0 Å². The van der Waals surface area contributed by atoms with Gasteiger partial charge in [-0.1, -0.05) is 6.92 Å². The molecule has 6 heteroatoms. The first-order valence-corrected chi connectivity index (χ1v) is 6.44. The van der Waals surface area contributed by atoms with Crippen molar-refractivity contribution in [2.45, 2.75) is 20.3 Å². The van der Waals surface area contributed by atoms with Crippen LogP contribution >= 0.6 is 0 Å². The van der Waals surface area contributed by atoms with Crippen molar-refractivity contribution in [3.63, 3.8) is 0 Å². The predicted octanol–water partition coefficient (Wildman–Crippen LogP) is 2.83. The van der Waals surface area contributed by atoms with E-state index >= 15 is 0 Å². The van der Waals surface area contributed by atoms with Crippen molar-refractivity contribution < 1.29 is 14.5 Å². The number of hydrogen-bond donors (Lipinski definition) is 0. The summed E-state index contributed by atoms with van der Waals surface area (Å²) in [4.78, 5) is 22.5. The molecule has 1 aromatic carbocycles. The number of ether oxygens (including phenoxy) is 1. The van der Waals surface area contributed by atoms with E-state index in [2.05, 4.69) is 0 Å². The molecule has 6 nitrogen and oxygen atoms in total. The molecule has 0 amide bonds. The molecule has 1 aromatic heterocycles. The third kappa shape index (κ3) is 2.13. The summed E-state index contributed by atoms with van der Waals surface area (Å²) in [6, 6.07) is 4.61. The predicted molar refractivity (Wildman–Crippen MR) is 74.9 cm³/mol. The van der Waals surface area contributed by atoms with Gasteiger partial charge in [0.25, 0.3) is 5.69 Å². The minimum Gasteiger partial charge on any atom is -0.461 e. The molecule has 0 saturated carbocycles. The Morgan fingerprint density at radius 2 is 2.10 bits per heavy atom. The number of hydrogen-bond acceptors (Lipinski definition) is 4. The zero-order valence-corrected chi connectivity index (χ0v) is 11.7. The van der Waals surface area contributed by atoms with Crippen molar-refractivity contribution in [1.82, 2.24) is 4.57 Å². The number of rotatable bonds is 4. The summed E-state index contributed by atoms with van der Waals surface area (Å²) in [7, 11) is 1.76. The SMILES string of the molecule is CCOC(=O)c1c(CC)c2cc([N+](=O)[O-])ccc2n1C. The topological polar surface area (TPSA) is 74.4 Å². The van der Waals surface area contributed by atoms with Crippen LogP contribution in [0.3, 0.4) is 0 Å². The van der Waals surface area contributed by atoms with Gasteiger partial charge in [0.05, 0.1) is 11.5 Å². The Kier molecular flexibility index (Phi) is 3.74. The molecule has 0 saturated heterocycles. The second-order valence-electron chi connectivity index (χ2n) is 4.42. The van der Waals surface area contributed by atoms with Crippen LogP contribution in [0.5, 0.6) is 0 Å². The number of fused-ring (bicyclic) bond motifs is 1. The smallest absolute Gasteiger partial charge is 0.355 e. The van der Waals surface area contributed by atoms with Gasteiger partial charge in [-0.25, -0.2) is 4.79 Å². The fraction of sp³-hybridized carbons (Fsp3) is 0.357. The van der Waals surface area contributed by atoms with Crippen LogP contribution in [-0.4, -0.2) is 22.1 Å². The summed E-state index contributed by atoms with van der Waals surface area (Å²) in [5, 5.41) is 11.6. The molecule has 0 fully saturated rings. The lowest BCUT2D eigenvalue weighted by Gasteiger charge is -2.05. The summed E-state index contributed by atoms with van der Waals surface area (Å²) >= 11 is 0. The number of carbonyl (C=O) groups excluding carboxylic acids is 1. The molecule has 0 bridgehead atoms. The second kappa shape index (κ2) is 5.32. The van der Waals surface area contributed by atoms with Gasteiger partial charge >= 0.3 is 5.97 Å². The first kappa shape index (κ1) is 14.0. The number of esters is 1. The van der Waals surface area contributed by atoms with Crippen LogP contribution in [0.25, 0.3) is 10.9 Å². The normalized spacial score (nSPS) is 10.8. The fourth-order valence-electron chi connectivity index (χ4n) is 2.44. The molecule has 1 heterocycles. The molecule has 0 spiro atoms. The number of aromatic nitrogens is 1. The molecule has 106 valence electrons. The maximum Gasteiger partial charge on any atom is 0.355 e.